The SMILES string of the molecule is COc1ccc([C@@H]2C[C@@H](c3ccccc3Br)ON2C)cc1. The molecule has 21 heavy (non-hydrogen) atoms. The summed E-state index contributed by atoms with van der Waals surface area (Å²) in [7, 11) is 3.68. The number of rotatable bonds is 3. The summed E-state index contributed by atoms with van der Waals surface area (Å²) in [4.78, 5) is 6.02. The monoisotopic (exact) mass is 347 g/mol. The predicted octanol–water partition coefficient (Wildman–Crippen LogP) is 4.51. The highest BCUT2D eigenvalue weighted by molar-refractivity contribution is 9.10. The van der Waals surface area contributed by atoms with Gasteiger partial charge in [0, 0.05) is 17.9 Å². The van der Waals surface area contributed by atoms with Crippen molar-refractivity contribution >= 4 is 15.9 Å². The van der Waals surface area contributed by atoms with Gasteiger partial charge < -0.3 is 4.74 Å². The lowest BCUT2D eigenvalue weighted by Gasteiger charge is -2.17. The van der Waals surface area contributed by atoms with Crippen LogP contribution in [0.5, 0.6) is 5.75 Å². The maximum atomic E-state index is 6.02. The number of ether oxygens (including phenoxy) is 1. The van der Waals surface area contributed by atoms with Crippen molar-refractivity contribution in [3.63, 3.8) is 0 Å². The van der Waals surface area contributed by atoms with Crippen LogP contribution >= 0.6 is 15.9 Å². The lowest BCUT2D eigenvalue weighted by atomic mass is 9.98. The molecule has 2 aromatic carbocycles. The minimum absolute atomic E-state index is 0.0812. The van der Waals surface area contributed by atoms with Crippen LogP contribution in [0.3, 0.4) is 0 Å². The zero-order valence-electron chi connectivity index (χ0n) is 12.1. The first-order valence-electron chi connectivity index (χ1n) is 6.97. The minimum Gasteiger partial charge on any atom is -0.497 e. The molecule has 0 saturated carbocycles. The molecule has 0 unspecified atom stereocenters. The van der Waals surface area contributed by atoms with Gasteiger partial charge in [0.2, 0.25) is 0 Å². The molecule has 0 bridgehead atoms. The van der Waals surface area contributed by atoms with Crippen LogP contribution in [0, 0.1) is 0 Å². The second kappa shape index (κ2) is 6.18. The molecular formula is C17H18BrNO2. The molecule has 3 rings (SSSR count). The van der Waals surface area contributed by atoms with E-state index in [0.29, 0.717) is 0 Å². The Kier molecular flexibility index (Phi) is 4.29. The average Bonchev–Trinajstić information content (AvgIpc) is 2.89. The number of methoxy groups -OCH3 is 1. The summed E-state index contributed by atoms with van der Waals surface area (Å²) in [6.07, 6.45) is 1.02. The smallest absolute Gasteiger partial charge is 0.118 e. The van der Waals surface area contributed by atoms with Crippen molar-refractivity contribution < 1.29 is 9.57 Å². The lowest BCUT2D eigenvalue weighted by Crippen LogP contribution is -2.16. The molecule has 0 aliphatic carbocycles. The fourth-order valence-corrected chi connectivity index (χ4v) is 3.30. The summed E-state index contributed by atoms with van der Waals surface area (Å²) in [5.41, 5.74) is 2.44. The molecule has 3 nitrogen and oxygen atoms in total. The summed E-state index contributed by atoms with van der Waals surface area (Å²) < 4.78 is 6.31. The van der Waals surface area contributed by atoms with Crippen molar-refractivity contribution in [2.75, 3.05) is 14.2 Å². The van der Waals surface area contributed by atoms with Crippen LogP contribution in [0.4, 0.5) is 0 Å². The zero-order valence-corrected chi connectivity index (χ0v) is 13.7. The van der Waals surface area contributed by atoms with Crippen molar-refractivity contribution in [2.45, 2.75) is 18.6 Å². The Hall–Kier alpha value is -1.36. The highest BCUT2D eigenvalue weighted by Gasteiger charge is 2.33. The second-order valence-corrected chi connectivity index (χ2v) is 6.04. The highest BCUT2D eigenvalue weighted by atomic mass is 79.9. The van der Waals surface area contributed by atoms with Gasteiger partial charge in [0.25, 0.3) is 0 Å². The average molecular weight is 348 g/mol. The molecular weight excluding hydrogens is 330 g/mol. The van der Waals surface area contributed by atoms with Gasteiger partial charge in [-0.15, -0.1) is 0 Å². The first-order valence-corrected chi connectivity index (χ1v) is 7.76. The van der Waals surface area contributed by atoms with E-state index >= 15 is 0 Å². The highest BCUT2D eigenvalue weighted by Crippen LogP contribution is 2.42. The lowest BCUT2D eigenvalue weighted by molar-refractivity contribution is -0.146. The molecule has 0 aromatic heterocycles. The normalized spacial score (nSPS) is 22.4. The van der Waals surface area contributed by atoms with Crippen molar-refractivity contribution in [3.05, 3.63) is 64.1 Å². The van der Waals surface area contributed by atoms with Crippen LogP contribution in [0.1, 0.15) is 29.7 Å². The van der Waals surface area contributed by atoms with Crippen molar-refractivity contribution in [2.24, 2.45) is 0 Å². The zero-order chi connectivity index (χ0) is 14.8. The Morgan fingerprint density at radius 2 is 1.86 bits per heavy atom. The first kappa shape index (κ1) is 14.6. The number of benzene rings is 2. The summed E-state index contributed by atoms with van der Waals surface area (Å²) in [5, 5.41) is 1.95. The van der Waals surface area contributed by atoms with Crippen LogP contribution in [-0.4, -0.2) is 19.2 Å². The van der Waals surface area contributed by atoms with Crippen LogP contribution in [-0.2, 0) is 4.84 Å². The van der Waals surface area contributed by atoms with E-state index in [1.165, 1.54) is 11.1 Å². The Bertz CT molecular complexity index is 614. The van der Waals surface area contributed by atoms with Crippen molar-refractivity contribution in [3.8, 4) is 5.75 Å². The standard InChI is InChI=1S/C17H18BrNO2/c1-19-16(12-7-9-13(20-2)10-8-12)11-17(21-19)14-5-3-4-6-15(14)18/h3-10,16-17H,11H2,1-2H3/t16-,17-/m0/s1. The Balaban J connectivity index is 1.81. The second-order valence-electron chi connectivity index (χ2n) is 5.19. The summed E-state index contributed by atoms with van der Waals surface area (Å²) >= 11 is 3.61. The van der Waals surface area contributed by atoms with Gasteiger partial charge in [0.1, 0.15) is 11.9 Å². The molecule has 4 heteroatoms. The summed E-state index contributed by atoms with van der Waals surface area (Å²) in [6.45, 7) is 0. The molecule has 1 fully saturated rings. The van der Waals surface area contributed by atoms with E-state index in [2.05, 4.69) is 40.2 Å². The van der Waals surface area contributed by atoms with Crippen molar-refractivity contribution in [1.82, 2.24) is 5.06 Å². The molecule has 2 aromatic rings. The van der Waals surface area contributed by atoms with Gasteiger partial charge in [-0.05, 0) is 29.3 Å². The van der Waals surface area contributed by atoms with Crippen LogP contribution < -0.4 is 4.74 Å². The largest absolute Gasteiger partial charge is 0.497 e. The van der Waals surface area contributed by atoms with Crippen LogP contribution in [0.15, 0.2) is 53.0 Å². The van der Waals surface area contributed by atoms with Gasteiger partial charge in [-0.2, -0.15) is 5.06 Å². The number of hydrogen-bond acceptors (Lipinski definition) is 3. The molecule has 110 valence electrons. The Labute approximate surface area is 133 Å². The number of halogens is 1. The van der Waals surface area contributed by atoms with Gasteiger partial charge in [-0.1, -0.05) is 46.3 Å². The molecule has 0 N–H and O–H groups in total. The van der Waals surface area contributed by atoms with Gasteiger partial charge in [-0.25, -0.2) is 0 Å². The molecule has 1 saturated heterocycles. The third kappa shape index (κ3) is 2.98. The summed E-state index contributed by atoms with van der Waals surface area (Å²) in [6, 6.07) is 16.7. The van der Waals surface area contributed by atoms with E-state index in [1.54, 1.807) is 7.11 Å². The van der Waals surface area contributed by atoms with Crippen LogP contribution in [0.2, 0.25) is 0 Å². The van der Waals surface area contributed by atoms with Crippen molar-refractivity contribution in [1.29, 1.82) is 0 Å². The molecule has 0 radical (unpaired) electrons. The molecule has 1 heterocycles. The number of hydrogen-bond donors (Lipinski definition) is 0. The maximum absolute atomic E-state index is 6.02. The third-order valence-electron chi connectivity index (χ3n) is 3.92. The van der Waals surface area contributed by atoms with Gasteiger partial charge in [0.05, 0.1) is 13.2 Å². The van der Waals surface area contributed by atoms with E-state index in [0.717, 1.165) is 16.6 Å². The van der Waals surface area contributed by atoms with E-state index in [-0.39, 0.29) is 12.1 Å². The predicted molar refractivity (Wildman–Crippen MR) is 86.1 cm³/mol. The fourth-order valence-electron chi connectivity index (χ4n) is 2.76. The van der Waals surface area contributed by atoms with Gasteiger partial charge in [0.15, 0.2) is 0 Å². The topological polar surface area (TPSA) is 21.7 Å². The van der Waals surface area contributed by atoms with Gasteiger partial charge in [-0.3, -0.25) is 4.84 Å². The Morgan fingerprint density at radius 3 is 2.52 bits per heavy atom. The summed E-state index contributed by atoms with van der Waals surface area (Å²) in [5.74, 6) is 0.877. The quantitative estimate of drug-likeness (QED) is 0.815. The fraction of sp³-hybridized carbons (Fsp3) is 0.294. The van der Waals surface area contributed by atoms with E-state index in [4.69, 9.17) is 9.57 Å². The molecule has 1 aliphatic heterocycles. The van der Waals surface area contributed by atoms with Gasteiger partial charge >= 0.3 is 0 Å². The number of hydroxylamine groups is 2. The third-order valence-corrected chi connectivity index (χ3v) is 4.64. The van der Waals surface area contributed by atoms with E-state index in [9.17, 15) is 0 Å². The molecule has 0 amide bonds. The molecule has 0 spiro atoms. The maximum Gasteiger partial charge on any atom is 0.118 e. The van der Waals surface area contributed by atoms with E-state index < -0.39 is 0 Å². The Morgan fingerprint density at radius 1 is 1.14 bits per heavy atom. The first-order chi connectivity index (χ1) is 10.2. The van der Waals surface area contributed by atoms with Crippen LogP contribution in [0.25, 0.3) is 0 Å². The number of nitrogens with zero attached hydrogens (tertiary/aromatic N) is 1. The molecule has 2 atom stereocenters. The molecule has 1 aliphatic rings. The minimum atomic E-state index is 0.0812. The van der Waals surface area contributed by atoms with E-state index in [1.807, 2.05) is 36.4 Å².